The molecule has 3 rings (SSSR count). The average Bonchev–Trinajstić information content (AvgIpc) is 2.47. The predicted molar refractivity (Wildman–Crippen MR) is 70.8 cm³/mol. The summed E-state index contributed by atoms with van der Waals surface area (Å²) in [6.07, 6.45) is -1.48. The lowest BCUT2D eigenvalue weighted by Crippen LogP contribution is -2.56. The molecule has 0 amide bonds. The van der Waals surface area contributed by atoms with Gasteiger partial charge in [0.2, 0.25) is 0 Å². The lowest BCUT2D eigenvalue weighted by molar-refractivity contribution is -0.332. The molecule has 0 saturated carbocycles. The molecule has 1 aromatic carbocycles. The summed E-state index contributed by atoms with van der Waals surface area (Å²) in [6.45, 7) is 2.71. The molecular weight excluding hydrogens is 260 g/mol. The maximum atomic E-state index is 10.1. The van der Waals surface area contributed by atoms with E-state index in [0.29, 0.717) is 19.6 Å². The first kappa shape index (κ1) is 14.0. The Labute approximate surface area is 118 Å². The fourth-order valence-corrected chi connectivity index (χ4v) is 2.58. The van der Waals surface area contributed by atoms with Gasteiger partial charge in [-0.3, -0.25) is 0 Å². The van der Waals surface area contributed by atoms with Gasteiger partial charge in [0.05, 0.1) is 19.3 Å². The second kappa shape index (κ2) is 6.20. The molecule has 2 saturated heterocycles. The van der Waals surface area contributed by atoms with Crippen LogP contribution in [-0.4, -0.2) is 42.6 Å². The third kappa shape index (κ3) is 3.19. The molecule has 5 nitrogen and oxygen atoms in total. The molecule has 0 aromatic heterocycles. The smallest absolute Gasteiger partial charge is 0.161 e. The van der Waals surface area contributed by atoms with Crippen LogP contribution >= 0.6 is 0 Å². The van der Waals surface area contributed by atoms with Gasteiger partial charge in [-0.15, -0.1) is 0 Å². The highest BCUT2D eigenvalue weighted by molar-refractivity contribution is 5.13. The molecule has 0 aliphatic carbocycles. The third-order valence-electron chi connectivity index (χ3n) is 3.63. The molecule has 1 aromatic rings. The Kier molecular flexibility index (Phi) is 4.33. The molecule has 20 heavy (non-hydrogen) atoms. The van der Waals surface area contributed by atoms with E-state index in [-0.39, 0.29) is 18.5 Å². The zero-order valence-electron chi connectivity index (χ0n) is 11.5. The van der Waals surface area contributed by atoms with Crippen LogP contribution in [0.25, 0.3) is 0 Å². The van der Waals surface area contributed by atoms with Gasteiger partial charge in [0.25, 0.3) is 0 Å². The Morgan fingerprint density at radius 1 is 1.25 bits per heavy atom. The molecular formula is C15H20O5. The summed E-state index contributed by atoms with van der Waals surface area (Å²) in [7, 11) is 0. The Bertz CT molecular complexity index is 424. The molecule has 0 spiro atoms. The van der Waals surface area contributed by atoms with E-state index < -0.39 is 12.4 Å². The number of hydrogen-bond donors (Lipinski definition) is 1. The Balaban J connectivity index is 1.55. The minimum Gasteiger partial charge on any atom is -0.390 e. The lowest BCUT2D eigenvalue weighted by Gasteiger charge is -2.43. The normalized spacial score (nSPS) is 37.4. The molecule has 2 aliphatic rings. The summed E-state index contributed by atoms with van der Waals surface area (Å²) in [5.74, 6) is 0. The fraction of sp³-hybridized carbons (Fsp3) is 0.600. The van der Waals surface area contributed by atoms with Crippen molar-refractivity contribution in [1.29, 1.82) is 0 Å². The van der Waals surface area contributed by atoms with Gasteiger partial charge in [0.15, 0.2) is 12.6 Å². The minimum atomic E-state index is -0.583. The molecule has 5 atom stereocenters. The molecule has 0 radical (unpaired) electrons. The van der Waals surface area contributed by atoms with Crippen LogP contribution in [0.3, 0.4) is 0 Å². The number of ether oxygens (including phenoxy) is 4. The van der Waals surface area contributed by atoms with Gasteiger partial charge in [-0.25, -0.2) is 0 Å². The van der Waals surface area contributed by atoms with E-state index in [0.717, 1.165) is 5.56 Å². The molecule has 2 fully saturated rings. The topological polar surface area (TPSA) is 57.2 Å². The number of aliphatic hydroxyl groups excluding tert-OH is 1. The molecule has 1 N–H and O–H groups in total. The van der Waals surface area contributed by atoms with Crippen molar-refractivity contribution in [1.82, 2.24) is 0 Å². The van der Waals surface area contributed by atoms with Crippen molar-refractivity contribution in [3.8, 4) is 0 Å². The molecule has 0 bridgehead atoms. The zero-order chi connectivity index (χ0) is 13.9. The Morgan fingerprint density at radius 3 is 2.85 bits per heavy atom. The zero-order valence-corrected chi connectivity index (χ0v) is 11.5. The lowest BCUT2D eigenvalue weighted by atomic mass is 10.0. The summed E-state index contributed by atoms with van der Waals surface area (Å²) in [5.41, 5.74) is 1.08. The molecule has 110 valence electrons. The van der Waals surface area contributed by atoms with Gasteiger partial charge in [-0.2, -0.15) is 0 Å². The first-order chi connectivity index (χ1) is 9.72. The van der Waals surface area contributed by atoms with Crippen molar-refractivity contribution in [3.05, 3.63) is 35.9 Å². The van der Waals surface area contributed by atoms with Crippen LogP contribution in [0.5, 0.6) is 0 Å². The number of rotatable bonds is 3. The van der Waals surface area contributed by atoms with Crippen LogP contribution in [0.1, 0.15) is 18.9 Å². The van der Waals surface area contributed by atoms with Crippen molar-refractivity contribution in [2.45, 2.75) is 50.8 Å². The number of fused-ring (bicyclic) bond motifs is 1. The Hall–Kier alpha value is -0.980. The minimum absolute atomic E-state index is 0.268. The van der Waals surface area contributed by atoms with Gasteiger partial charge in [-0.1, -0.05) is 30.3 Å². The van der Waals surface area contributed by atoms with Gasteiger partial charge in [-0.05, 0) is 12.5 Å². The molecule has 1 unspecified atom stereocenters. The van der Waals surface area contributed by atoms with Crippen LogP contribution in [0, 0.1) is 0 Å². The second-order valence-electron chi connectivity index (χ2n) is 5.21. The fourth-order valence-electron chi connectivity index (χ4n) is 2.58. The highest BCUT2D eigenvalue weighted by Gasteiger charge is 2.42. The highest BCUT2D eigenvalue weighted by atomic mass is 16.7. The standard InChI is InChI=1S/C15H20O5/c1-10-17-9-13-15(19-10)12(16)7-14(20-13)18-8-11-5-3-2-4-6-11/h2-6,10,12-16H,7-9H2,1H3/t10?,12-,13-,14+,15+/m1/s1. The van der Waals surface area contributed by atoms with Gasteiger partial charge in [0, 0.05) is 6.42 Å². The van der Waals surface area contributed by atoms with E-state index in [9.17, 15) is 5.11 Å². The summed E-state index contributed by atoms with van der Waals surface area (Å²) in [4.78, 5) is 0. The van der Waals surface area contributed by atoms with E-state index in [2.05, 4.69) is 0 Å². The van der Waals surface area contributed by atoms with Crippen molar-refractivity contribution in [2.24, 2.45) is 0 Å². The average molecular weight is 280 g/mol. The van der Waals surface area contributed by atoms with E-state index >= 15 is 0 Å². The van der Waals surface area contributed by atoms with Crippen LogP contribution < -0.4 is 0 Å². The number of aliphatic hydroxyl groups is 1. The SMILES string of the molecule is CC1OC[C@H]2O[C@H](OCc3ccccc3)C[C@@H](O)[C@@H]2O1. The maximum absolute atomic E-state index is 10.1. The Morgan fingerprint density at radius 2 is 2.05 bits per heavy atom. The van der Waals surface area contributed by atoms with E-state index in [1.54, 1.807) is 0 Å². The van der Waals surface area contributed by atoms with Crippen molar-refractivity contribution in [2.75, 3.05) is 6.61 Å². The van der Waals surface area contributed by atoms with Crippen molar-refractivity contribution in [3.63, 3.8) is 0 Å². The molecule has 2 aliphatic heterocycles. The highest BCUT2D eigenvalue weighted by Crippen LogP contribution is 2.28. The maximum Gasteiger partial charge on any atom is 0.161 e. The molecule has 5 heteroatoms. The van der Waals surface area contributed by atoms with E-state index in [4.69, 9.17) is 18.9 Å². The van der Waals surface area contributed by atoms with Crippen molar-refractivity contribution >= 4 is 0 Å². The predicted octanol–water partition coefficient (Wildman–Crippen LogP) is 1.44. The number of hydrogen-bond acceptors (Lipinski definition) is 5. The van der Waals surface area contributed by atoms with Gasteiger partial charge < -0.3 is 24.1 Å². The second-order valence-corrected chi connectivity index (χ2v) is 5.21. The summed E-state index contributed by atoms with van der Waals surface area (Å²) >= 11 is 0. The van der Waals surface area contributed by atoms with Crippen LogP contribution in [0.2, 0.25) is 0 Å². The van der Waals surface area contributed by atoms with E-state index in [1.807, 2.05) is 37.3 Å². The third-order valence-corrected chi connectivity index (χ3v) is 3.63. The number of benzene rings is 1. The first-order valence-corrected chi connectivity index (χ1v) is 6.98. The summed E-state index contributed by atoms with van der Waals surface area (Å²) in [5, 5.41) is 10.1. The van der Waals surface area contributed by atoms with E-state index in [1.165, 1.54) is 0 Å². The summed E-state index contributed by atoms with van der Waals surface area (Å²) in [6, 6.07) is 9.89. The monoisotopic (exact) mass is 280 g/mol. The first-order valence-electron chi connectivity index (χ1n) is 6.98. The molecule has 2 heterocycles. The van der Waals surface area contributed by atoms with Crippen molar-refractivity contribution < 1.29 is 24.1 Å². The quantitative estimate of drug-likeness (QED) is 0.908. The summed E-state index contributed by atoms with van der Waals surface area (Å²) < 4.78 is 22.5. The van der Waals surface area contributed by atoms with Crippen LogP contribution in [0.4, 0.5) is 0 Å². The largest absolute Gasteiger partial charge is 0.390 e. The van der Waals surface area contributed by atoms with Gasteiger partial charge in [0.1, 0.15) is 12.2 Å². The van der Waals surface area contributed by atoms with Crippen LogP contribution in [0.15, 0.2) is 30.3 Å². The van der Waals surface area contributed by atoms with Gasteiger partial charge >= 0.3 is 0 Å². The van der Waals surface area contributed by atoms with Crippen LogP contribution in [-0.2, 0) is 25.6 Å².